The summed E-state index contributed by atoms with van der Waals surface area (Å²) in [4.78, 5) is 2.18. The van der Waals surface area contributed by atoms with Crippen molar-refractivity contribution in [2.45, 2.75) is 26.3 Å². The fourth-order valence-electron chi connectivity index (χ4n) is 2.37. The maximum atomic E-state index is 9.18. The minimum Gasteiger partial charge on any atom is -0.395 e. The van der Waals surface area contributed by atoms with Crippen molar-refractivity contribution in [2.24, 2.45) is 10.2 Å². The van der Waals surface area contributed by atoms with E-state index in [4.69, 9.17) is 0 Å². The van der Waals surface area contributed by atoms with Crippen molar-refractivity contribution >= 4 is 43.8 Å². The molecule has 130 valence electrons. The van der Waals surface area contributed by atoms with E-state index in [1.54, 1.807) is 11.3 Å². The van der Waals surface area contributed by atoms with Crippen LogP contribution in [-0.4, -0.2) is 30.1 Å². The molecule has 5 nitrogen and oxygen atoms in total. The summed E-state index contributed by atoms with van der Waals surface area (Å²) in [5.74, 6) is 0. The van der Waals surface area contributed by atoms with Gasteiger partial charge in [0.1, 0.15) is 11.9 Å². The zero-order valence-corrected chi connectivity index (χ0v) is 16.3. The predicted octanol–water partition coefficient (Wildman–Crippen LogP) is 4.44. The zero-order chi connectivity index (χ0) is 17.2. The van der Waals surface area contributed by atoms with E-state index >= 15 is 0 Å². The molecule has 0 atom stereocenters. The summed E-state index contributed by atoms with van der Waals surface area (Å²) in [5, 5.41) is 21.8. The second-order valence-electron chi connectivity index (χ2n) is 5.35. The molecule has 24 heavy (non-hydrogen) atoms. The number of aryl methyl sites for hydroxylation is 1. The van der Waals surface area contributed by atoms with Crippen molar-refractivity contribution in [3.63, 3.8) is 0 Å². The molecule has 0 aliphatic carbocycles. The molecule has 1 heterocycles. The SMILES string of the molecule is CCCN(CCO)c1ccc(N=Nc2scc[n+]2CCCBr)cc1. The molecule has 0 radical (unpaired) electrons. The van der Waals surface area contributed by atoms with E-state index in [0.717, 1.165) is 47.8 Å². The standard InChI is InChI=1S/C17H24BrN4OS/c1-2-9-21(11-13-23)16-6-4-15(5-7-16)19-20-17-22(10-3-8-18)12-14-24-17/h4-7,12,14,23H,2-3,8-11,13H2,1H3/q+1. The van der Waals surface area contributed by atoms with Crippen LogP contribution < -0.4 is 9.47 Å². The highest BCUT2D eigenvalue weighted by molar-refractivity contribution is 9.09. The third kappa shape index (κ3) is 5.65. The van der Waals surface area contributed by atoms with Crippen molar-refractivity contribution < 1.29 is 9.67 Å². The monoisotopic (exact) mass is 411 g/mol. The number of azo groups is 1. The maximum absolute atomic E-state index is 9.18. The average Bonchev–Trinajstić information content (AvgIpc) is 3.06. The van der Waals surface area contributed by atoms with Crippen molar-refractivity contribution in [3.05, 3.63) is 35.8 Å². The Labute approximate surface area is 155 Å². The number of aliphatic hydroxyl groups is 1. The molecular formula is C17H24BrN4OS+. The number of hydrogen-bond donors (Lipinski definition) is 1. The lowest BCUT2D eigenvalue weighted by atomic mass is 10.2. The minimum atomic E-state index is 0.161. The van der Waals surface area contributed by atoms with Gasteiger partial charge in [-0.25, -0.2) is 4.57 Å². The molecule has 0 saturated heterocycles. The summed E-state index contributed by atoms with van der Waals surface area (Å²) >= 11 is 5.04. The first-order valence-corrected chi connectivity index (χ1v) is 10.2. The van der Waals surface area contributed by atoms with E-state index in [1.165, 1.54) is 0 Å². The lowest BCUT2D eigenvalue weighted by molar-refractivity contribution is -0.680. The molecule has 2 aromatic rings. The third-order valence-electron chi connectivity index (χ3n) is 3.52. The number of aromatic nitrogens is 1. The molecule has 0 saturated carbocycles. The number of anilines is 1. The first-order valence-electron chi connectivity index (χ1n) is 8.19. The first kappa shape index (κ1) is 19.0. The van der Waals surface area contributed by atoms with Crippen LogP contribution in [-0.2, 0) is 6.54 Å². The van der Waals surface area contributed by atoms with Crippen LogP contribution in [0, 0.1) is 0 Å². The number of nitrogens with zero attached hydrogens (tertiary/aromatic N) is 4. The van der Waals surface area contributed by atoms with Gasteiger partial charge in [0, 0.05) is 29.5 Å². The largest absolute Gasteiger partial charge is 0.408 e. The highest BCUT2D eigenvalue weighted by atomic mass is 79.9. The second-order valence-corrected chi connectivity index (χ2v) is 7.01. The third-order valence-corrected chi connectivity index (χ3v) is 4.87. The van der Waals surface area contributed by atoms with Crippen LogP contribution in [0.4, 0.5) is 16.5 Å². The molecule has 0 fully saturated rings. The fourth-order valence-corrected chi connectivity index (χ4v) is 3.32. The van der Waals surface area contributed by atoms with Crippen molar-refractivity contribution in [1.82, 2.24) is 0 Å². The topological polar surface area (TPSA) is 52.1 Å². The quantitative estimate of drug-likeness (QED) is 0.356. The van der Waals surface area contributed by atoms with Gasteiger partial charge in [-0.05, 0) is 53.6 Å². The van der Waals surface area contributed by atoms with E-state index in [9.17, 15) is 5.11 Å². The van der Waals surface area contributed by atoms with Crippen LogP contribution in [0.1, 0.15) is 19.8 Å². The van der Waals surface area contributed by atoms with Crippen LogP contribution in [0.2, 0.25) is 0 Å². The Balaban J connectivity index is 2.04. The van der Waals surface area contributed by atoms with Gasteiger partial charge in [0.2, 0.25) is 0 Å². The molecule has 0 unspecified atom stereocenters. The fraction of sp³-hybridized carbons (Fsp3) is 0.471. The van der Waals surface area contributed by atoms with Crippen LogP contribution in [0.25, 0.3) is 0 Å². The zero-order valence-electron chi connectivity index (χ0n) is 13.9. The number of hydrogen-bond acceptors (Lipinski definition) is 5. The summed E-state index contributed by atoms with van der Waals surface area (Å²) in [5.41, 5.74) is 1.94. The van der Waals surface area contributed by atoms with Gasteiger partial charge in [-0.3, -0.25) is 0 Å². The Bertz CT molecular complexity index is 624. The van der Waals surface area contributed by atoms with Gasteiger partial charge in [-0.2, -0.15) is 0 Å². The molecule has 0 bridgehead atoms. The van der Waals surface area contributed by atoms with Gasteiger partial charge >= 0.3 is 5.13 Å². The van der Waals surface area contributed by atoms with Gasteiger partial charge in [0.05, 0.1) is 18.3 Å². The van der Waals surface area contributed by atoms with Crippen molar-refractivity contribution in [3.8, 4) is 0 Å². The van der Waals surface area contributed by atoms with Crippen molar-refractivity contribution in [1.29, 1.82) is 0 Å². The van der Waals surface area contributed by atoms with E-state index in [1.807, 2.05) is 35.8 Å². The summed E-state index contributed by atoms with van der Waals surface area (Å²) in [6, 6.07) is 8.00. The number of thiazole rings is 1. The average molecular weight is 412 g/mol. The van der Waals surface area contributed by atoms with Gasteiger partial charge in [-0.15, -0.1) is 0 Å². The van der Waals surface area contributed by atoms with Crippen LogP contribution >= 0.6 is 27.3 Å². The van der Waals surface area contributed by atoms with Gasteiger partial charge < -0.3 is 10.0 Å². The highest BCUT2D eigenvalue weighted by Gasteiger charge is 2.11. The van der Waals surface area contributed by atoms with Crippen LogP contribution in [0.5, 0.6) is 0 Å². The van der Waals surface area contributed by atoms with E-state index in [0.29, 0.717) is 6.54 Å². The molecule has 0 aliphatic rings. The smallest absolute Gasteiger partial charge is 0.395 e. The van der Waals surface area contributed by atoms with Gasteiger partial charge in [-0.1, -0.05) is 22.9 Å². The Hall–Kier alpha value is -1.31. The number of rotatable bonds is 10. The number of aliphatic hydroxyl groups excluding tert-OH is 1. The lowest BCUT2D eigenvalue weighted by Gasteiger charge is -2.23. The molecule has 0 amide bonds. The second kappa shape index (κ2) is 10.5. The maximum Gasteiger partial charge on any atom is 0.408 e. The molecule has 1 aromatic carbocycles. The minimum absolute atomic E-state index is 0.161. The summed E-state index contributed by atoms with van der Waals surface area (Å²) in [6.07, 6.45) is 4.16. The molecular weight excluding hydrogens is 388 g/mol. The molecule has 7 heteroatoms. The number of benzene rings is 1. The van der Waals surface area contributed by atoms with Crippen LogP contribution in [0.3, 0.4) is 0 Å². The Kier molecular flexibility index (Phi) is 8.35. The van der Waals surface area contributed by atoms with E-state index < -0.39 is 0 Å². The van der Waals surface area contributed by atoms with E-state index in [2.05, 4.69) is 42.5 Å². The molecule has 1 N–H and O–H groups in total. The predicted molar refractivity (Wildman–Crippen MR) is 103 cm³/mol. The molecule has 2 rings (SSSR count). The Morgan fingerprint density at radius 1 is 1.21 bits per heavy atom. The normalized spacial score (nSPS) is 11.3. The Morgan fingerprint density at radius 2 is 2.00 bits per heavy atom. The molecule has 0 spiro atoms. The highest BCUT2D eigenvalue weighted by Crippen LogP contribution is 2.23. The van der Waals surface area contributed by atoms with Gasteiger partial charge in [0.15, 0.2) is 0 Å². The Morgan fingerprint density at radius 3 is 2.67 bits per heavy atom. The number of halogens is 1. The first-order chi connectivity index (χ1) is 11.8. The van der Waals surface area contributed by atoms with Crippen molar-refractivity contribution in [2.75, 3.05) is 29.9 Å². The summed E-state index contributed by atoms with van der Waals surface area (Å²) in [7, 11) is 0. The summed E-state index contributed by atoms with van der Waals surface area (Å²) in [6.45, 7) is 4.82. The van der Waals surface area contributed by atoms with Crippen LogP contribution in [0.15, 0.2) is 46.1 Å². The lowest BCUT2D eigenvalue weighted by Crippen LogP contribution is -2.30. The summed E-state index contributed by atoms with van der Waals surface area (Å²) < 4.78 is 2.12. The van der Waals surface area contributed by atoms with E-state index in [-0.39, 0.29) is 6.61 Å². The molecule has 1 aromatic heterocycles. The molecule has 0 aliphatic heterocycles. The van der Waals surface area contributed by atoms with Gasteiger partial charge in [0.25, 0.3) is 0 Å². The number of alkyl halides is 1.